The van der Waals surface area contributed by atoms with Crippen LogP contribution in [-0.4, -0.2) is 21.6 Å². The molecule has 0 fully saturated rings. The topological polar surface area (TPSA) is 59.9 Å². The molecule has 5 nitrogen and oxygen atoms in total. The third-order valence-electron chi connectivity index (χ3n) is 2.22. The van der Waals surface area contributed by atoms with Crippen LogP contribution in [0.15, 0.2) is 22.7 Å². The summed E-state index contributed by atoms with van der Waals surface area (Å²) >= 11 is 9.03. The van der Waals surface area contributed by atoms with E-state index in [2.05, 4.69) is 36.2 Å². The Hall–Kier alpha value is -1.47. The first-order valence-corrected chi connectivity index (χ1v) is 7.02. The average Bonchev–Trinajstić information content (AvgIpc) is 2.40. The molecule has 1 N–H and O–H groups in total. The molecule has 1 heterocycles. The Kier molecular flexibility index (Phi) is 5.08. The number of hydrogen-bond donors (Lipinski definition) is 1. The number of rotatable bonds is 5. The molecule has 0 atom stereocenters. The van der Waals surface area contributed by atoms with Gasteiger partial charge in [-0.25, -0.2) is 4.39 Å². The van der Waals surface area contributed by atoms with Gasteiger partial charge in [0, 0.05) is 4.47 Å². The summed E-state index contributed by atoms with van der Waals surface area (Å²) in [7, 11) is 0. The van der Waals surface area contributed by atoms with Gasteiger partial charge in [0.15, 0.2) is 0 Å². The number of anilines is 2. The first kappa shape index (κ1) is 14.9. The van der Waals surface area contributed by atoms with E-state index in [1.807, 2.05) is 6.92 Å². The molecule has 0 spiro atoms. The van der Waals surface area contributed by atoms with Crippen molar-refractivity contribution in [3.8, 4) is 6.01 Å². The van der Waals surface area contributed by atoms with E-state index >= 15 is 0 Å². The van der Waals surface area contributed by atoms with Crippen LogP contribution < -0.4 is 10.1 Å². The molecule has 0 aliphatic carbocycles. The van der Waals surface area contributed by atoms with Crippen LogP contribution in [0, 0.1) is 5.82 Å². The quantitative estimate of drug-likeness (QED) is 0.873. The molecule has 1 aromatic heterocycles. The summed E-state index contributed by atoms with van der Waals surface area (Å²) in [6.45, 7) is 2.42. The van der Waals surface area contributed by atoms with Gasteiger partial charge in [0.2, 0.25) is 11.2 Å². The molecule has 106 valence electrons. The number of para-hydroxylation sites is 1. The number of halogens is 3. The fraction of sp³-hybridized carbons (Fsp3) is 0.250. The smallest absolute Gasteiger partial charge is 0.322 e. The minimum absolute atomic E-state index is 0.0268. The molecule has 1 aromatic carbocycles. The standard InChI is InChI=1S/C12H11BrClFN4O/c1-2-6-20-12-18-10(14)17-11(19-12)16-9-7(13)4-3-5-8(9)15/h3-5H,2,6H2,1H3,(H,16,17,18,19). The van der Waals surface area contributed by atoms with Gasteiger partial charge in [0.05, 0.1) is 12.3 Å². The Morgan fingerprint density at radius 3 is 2.85 bits per heavy atom. The lowest BCUT2D eigenvalue weighted by molar-refractivity contribution is 0.292. The van der Waals surface area contributed by atoms with E-state index in [4.69, 9.17) is 16.3 Å². The van der Waals surface area contributed by atoms with Gasteiger partial charge in [-0.05, 0) is 46.1 Å². The molecule has 0 amide bonds. The first-order valence-electron chi connectivity index (χ1n) is 5.85. The molecule has 8 heteroatoms. The van der Waals surface area contributed by atoms with Crippen molar-refractivity contribution in [2.75, 3.05) is 11.9 Å². The highest BCUT2D eigenvalue weighted by Gasteiger charge is 2.11. The summed E-state index contributed by atoms with van der Waals surface area (Å²) in [4.78, 5) is 11.7. The van der Waals surface area contributed by atoms with Crippen molar-refractivity contribution >= 4 is 39.2 Å². The maximum atomic E-state index is 13.7. The third kappa shape index (κ3) is 3.77. The Labute approximate surface area is 128 Å². The summed E-state index contributed by atoms with van der Waals surface area (Å²) in [5.41, 5.74) is 0.219. The summed E-state index contributed by atoms with van der Waals surface area (Å²) in [5.74, 6) is -0.325. The summed E-state index contributed by atoms with van der Waals surface area (Å²) in [6.07, 6.45) is 0.810. The van der Waals surface area contributed by atoms with E-state index in [1.54, 1.807) is 12.1 Å². The highest BCUT2D eigenvalue weighted by atomic mass is 79.9. The predicted molar refractivity (Wildman–Crippen MR) is 78.0 cm³/mol. The van der Waals surface area contributed by atoms with E-state index in [0.29, 0.717) is 11.1 Å². The van der Waals surface area contributed by atoms with Gasteiger partial charge >= 0.3 is 6.01 Å². The number of nitrogens with zero attached hydrogens (tertiary/aromatic N) is 3. The van der Waals surface area contributed by atoms with Gasteiger partial charge in [-0.2, -0.15) is 15.0 Å². The van der Waals surface area contributed by atoms with Gasteiger partial charge < -0.3 is 10.1 Å². The van der Waals surface area contributed by atoms with Crippen LogP contribution in [0.1, 0.15) is 13.3 Å². The minimum atomic E-state index is -0.438. The van der Waals surface area contributed by atoms with Crippen molar-refractivity contribution in [1.29, 1.82) is 0 Å². The minimum Gasteiger partial charge on any atom is -0.463 e. The molecule has 0 bridgehead atoms. The fourth-order valence-corrected chi connectivity index (χ4v) is 1.97. The van der Waals surface area contributed by atoms with Gasteiger partial charge in [-0.15, -0.1) is 0 Å². The van der Waals surface area contributed by atoms with Crippen molar-refractivity contribution in [1.82, 2.24) is 15.0 Å². The zero-order valence-electron chi connectivity index (χ0n) is 10.5. The molecule has 0 aliphatic heterocycles. The summed E-state index contributed by atoms with van der Waals surface area (Å²) < 4.78 is 19.5. The Bertz CT molecular complexity index is 594. The second-order valence-corrected chi connectivity index (χ2v) is 4.97. The van der Waals surface area contributed by atoms with Crippen molar-refractivity contribution in [3.05, 3.63) is 33.8 Å². The molecule has 0 aliphatic rings. The number of benzene rings is 1. The van der Waals surface area contributed by atoms with Crippen LogP contribution in [0.25, 0.3) is 0 Å². The van der Waals surface area contributed by atoms with E-state index in [9.17, 15) is 4.39 Å². The van der Waals surface area contributed by atoms with E-state index in [1.165, 1.54) is 6.07 Å². The molecule has 0 saturated carbocycles. The molecule has 2 aromatic rings. The first-order chi connectivity index (χ1) is 9.60. The molecular weight excluding hydrogens is 351 g/mol. The fourth-order valence-electron chi connectivity index (χ4n) is 1.37. The molecule has 20 heavy (non-hydrogen) atoms. The monoisotopic (exact) mass is 360 g/mol. The Morgan fingerprint density at radius 1 is 1.35 bits per heavy atom. The number of aromatic nitrogens is 3. The zero-order valence-corrected chi connectivity index (χ0v) is 12.9. The normalized spacial score (nSPS) is 10.4. The largest absolute Gasteiger partial charge is 0.463 e. The highest BCUT2D eigenvalue weighted by molar-refractivity contribution is 9.10. The molecule has 0 saturated heterocycles. The Balaban J connectivity index is 2.27. The lowest BCUT2D eigenvalue weighted by Gasteiger charge is -2.09. The van der Waals surface area contributed by atoms with Crippen molar-refractivity contribution in [2.24, 2.45) is 0 Å². The van der Waals surface area contributed by atoms with Crippen LogP contribution in [0.2, 0.25) is 5.28 Å². The second kappa shape index (κ2) is 6.81. The second-order valence-electron chi connectivity index (χ2n) is 3.78. The highest BCUT2D eigenvalue weighted by Crippen LogP contribution is 2.27. The van der Waals surface area contributed by atoms with Gasteiger partial charge in [-0.3, -0.25) is 0 Å². The molecule has 0 radical (unpaired) electrons. The van der Waals surface area contributed by atoms with Crippen LogP contribution in [0.3, 0.4) is 0 Å². The Morgan fingerprint density at radius 2 is 2.15 bits per heavy atom. The van der Waals surface area contributed by atoms with Crippen LogP contribution in [0.4, 0.5) is 16.0 Å². The summed E-state index contributed by atoms with van der Waals surface area (Å²) in [6, 6.07) is 4.70. The number of ether oxygens (including phenoxy) is 1. The van der Waals surface area contributed by atoms with Crippen molar-refractivity contribution in [2.45, 2.75) is 13.3 Å². The number of nitrogens with one attached hydrogen (secondary N) is 1. The van der Waals surface area contributed by atoms with Crippen molar-refractivity contribution in [3.63, 3.8) is 0 Å². The van der Waals surface area contributed by atoms with E-state index in [-0.39, 0.29) is 22.9 Å². The summed E-state index contributed by atoms with van der Waals surface area (Å²) in [5, 5.41) is 2.72. The van der Waals surface area contributed by atoms with Gasteiger partial charge in [0.25, 0.3) is 0 Å². The third-order valence-corrected chi connectivity index (χ3v) is 3.05. The van der Waals surface area contributed by atoms with Crippen LogP contribution in [-0.2, 0) is 0 Å². The maximum Gasteiger partial charge on any atom is 0.322 e. The lowest BCUT2D eigenvalue weighted by atomic mass is 10.3. The van der Waals surface area contributed by atoms with Crippen molar-refractivity contribution < 1.29 is 9.13 Å². The zero-order chi connectivity index (χ0) is 14.5. The predicted octanol–water partition coefficient (Wildman–Crippen LogP) is 3.96. The van der Waals surface area contributed by atoms with Crippen LogP contribution in [0.5, 0.6) is 6.01 Å². The maximum absolute atomic E-state index is 13.7. The molecular formula is C12H11BrClFN4O. The van der Waals surface area contributed by atoms with Gasteiger partial charge in [0.1, 0.15) is 5.82 Å². The molecule has 0 unspecified atom stereocenters. The van der Waals surface area contributed by atoms with E-state index in [0.717, 1.165) is 6.42 Å². The average molecular weight is 362 g/mol. The lowest BCUT2D eigenvalue weighted by Crippen LogP contribution is -2.05. The van der Waals surface area contributed by atoms with E-state index < -0.39 is 5.82 Å². The van der Waals surface area contributed by atoms with Gasteiger partial charge in [-0.1, -0.05) is 13.0 Å². The molecule has 2 rings (SSSR count). The number of hydrogen-bond acceptors (Lipinski definition) is 5. The SMILES string of the molecule is CCCOc1nc(Cl)nc(Nc2c(F)cccc2Br)n1. The van der Waals surface area contributed by atoms with Crippen LogP contribution >= 0.6 is 27.5 Å².